The number of benzene rings is 2. The van der Waals surface area contributed by atoms with Gasteiger partial charge in [-0.1, -0.05) is 47.6 Å². The van der Waals surface area contributed by atoms with Gasteiger partial charge in [0.15, 0.2) is 0 Å². The number of esters is 1. The lowest BCUT2D eigenvalue weighted by atomic mass is 10.00. The maximum atomic E-state index is 12.0. The third-order valence-corrected chi connectivity index (χ3v) is 3.98. The summed E-state index contributed by atoms with van der Waals surface area (Å²) in [6.45, 7) is 6.45. The van der Waals surface area contributed by atoms with Crippen LogP contribution in [0.5, 0.6) is 5.75 Å². The van der Waals surface area contributed by atoms with Crippen molar-refractivity contribution in [1.29, 1.82) is 0 Å². The average molecular weight is 367 g/mol. The van der Waals surface area contributed by atoms with Crippen molar-refractivity contribution in [1.82, 2.24) is 0 Å². The van der Waals surface area contributed by atoms with Gasteiger partial charge in [-0.25, -0.2) is 4.79 Å². The van der Waals surface area contributed by atoms with Crippen LogP contribution in [0.2, 0.25) is 0 Å². The van der Waals surface area contributed by atoms with Crippen LogP contribution >= 0.6 is 0 Å². The van der Waals surface area contributed by atoms with Crippen molar-refractivity contribution < 1.29 is 19.1 Å². The van der Waals surface area contributed by atoms with E-state index in [9.17, 15) is 4.79 Å². The van der Waals surface area contributed by atoms with Crippen LogP contribution in [0.3, 0.4) is 0 Å². The SMILES string of the molecule is CC=C(C(=O)OC)c1ccccc1COc1cccc(C(C)=NOCC)c1. The van der Waals surface area contributed by atoms with Gasteiger partial charge in [-0.2, -0.15) is 0 Å². The minimum atomic E-state index is -0.366. The maximum Gasteiger partial charge on any atom is 0.338 e. The largest absolute Gasteiger partial charge is 0.489 e. The van der Waals surface area contributed by atoms with Crippen molar-refractivity contribution in [3.8, 4) is 5.75 Å². The van der Waals surface area contributed by atoms with Crippen molar-refractivity contribution >= 4 is 17.3 Å². The smallest absolute Gasteiger partial charge is 0.338 e. The van der Waals surface area contributed by atoms with Gasteiger partial charge >= 0.3 is 5.97 Å². The molecule has 0 aromatic heterocycles. The summed E-state index contributed by atoms with van der Waals surface area (Å²) in [5.74, 6) is 0.350. The number of nitrogens with zero attached hydrogens (tertiary/aromatic N) is 1. The van der Waals surface area contributed by atoms with Crippen LogP contribution in [0.25, 0.3) is 5.57 Å². The summed E-state index contributed by atoms with van der Waals surface area (Å²) in [7, 11) is 1.38. The predicted molar refractivity (Wildman–Crippen MR) is 107 cm³/mol. The van der Waals surface area contributed by atoms with Gasteiger partial charge in [-0.3, -0.25) is 0 Å². The summed E-state index contributed by atoms with van der Waals surface area (Å²) < 4.78 is 10.8. The first-order valence-corrected chi connectivity index (χ1v) is 8.83. The fourth-order valence-corrected chi connectivity index (χ4v) is 2.59. The zero-order valence-electron chi connectivity index (χ0n) is 16.2. The zero-order chi connectivity index (χ0) is 19.6. The van der Waals surface area contributed by atoms with Crippen molar-refractivity contribution in [3.63, 3.8) is 0 Å². The lowest BCUT2D eigenvalue weighted by Crippen LogP contribution is -2.07. The van der Waals surface area contributed by atoms with Gasteiger partial charge in [-0.15, -0.1) is 0 Å². The Hall–Kier alpha value is -3.08. The molecule has 0 fully saturated rings. The van der Waals surface area contributed by atoms with Crippen molar-refractivity contribution in [2.24, 2.45) is 5.16 Å². The number of rotatable bonds is 8. The number of hydrogen-bond donors (Lipinski definition) is 0. The summed E-state index contributed by atoms with van der Waals surface area (Å²) in [6, 6.07) is 15.3. The quantitative estimate of drug-likeness (QED) is 0.296. The highest BCUT2D eigenvalue weighted by Crippen LogP contribution is 2.23. The molecule has 2 aromatic rings. The molecule has 5 nitrogen and oxygen atoms in total. The van der Waals surface area contributed by atoms with E-state index in [0.717, 1.165) is 22.4 Å². The Morgan fingerprint density at radius 3 is 2.63 bits per heavy atom. The topological polar surface area (TPSA) is 57.1 Å². The van der Waals surface area contributed by atoms with E-state index in [1.165, 1.54) is 7.11 Å². The van der Waals surface area contributed by atoms with Crippen LogP contribution < -0.4 is 4.74 Å². The number of carbonyl (C=O) groups excluding carboxylic acids is 1. The summed E-state index contributed by atoms with van der Waals surface area (Å²) >= 11 is 0. The number of hydrogen-bond acceptors (Lipinski definition) is 5. The Morgan fingerprint density at radius 2 is 1.93 bits per heavy atom. The average Bonchev–Trinajstić information content (AvgIpc) is 2.71. The van der Waals surface area contributed by atoms with E-state index in [0.29, 0.717) is 24.5 Å². The van der Waals surface area contributed by atoms with Gasteiger partial charge < -0.3 is 14.3 Å². The van der Waals surface area contributed by atoms with E-state index >= 15 is 0 Å². The molecule has 0 saturated carbocycles. The molecule has 0 N–H and O–H groups in total. The third kappa shape index (κ3) is 5.45. The maximum absolute atomic E-state index is 12.0. The normalized spacial score (nSPS) is 11.9. The lowest BCUT2D eigenvalue weighted by Gasteiger charge is -2.13. The molecule has 0 saturated heterocycles. The highest BCUT2D eigenvalue weighted by molar-refractivity contribution is 6.16. The van der Waals surface area contributed by atoms with Crippen molar-refractivity contribution in [2.45, 2.75) is 27.4 Å². The Morgan fingerprint density at radius 1 is 1.15 bits per heavy atom. The molecular formula is C22H25NO4. The predicted octanol–water partition coefficient (Wildman–Crippen LogP) is 4.60. The second kappa shape index (κ2) is 10.2. The molecule has 142 valence electrons. The van der Waals surface area contributed by atoms with Gasteiger partial charge in [0.05, 0.1) is 18.4 Å². The van der Waals surface area contributed by atoms with E-state index < -0.39 is 0 Å². The Kier molecular flexibility index (Phi) is 7.62. The van der Waals surface area contributed by atoms with Crippen molar-refractivity contribution in [2.75, 3.05) is 13.7 Å². The van der Waals surface area contributed by atoms with Gasteiger partial charge in [0.1, 0.15) is 19.0 Å². The number of allylic oxidation sites excluding steroid dienone is 1. The number of oxime groups is 1. The second-order valence-corrected chi connectivity index (χ2v) is 5.76. The van der Waals surface area contributed by atoms with Crippen LogP contribution in [-0.2, 0) is 21.0 Å². The van der Waals surface area contributed by atoms with Gasteiger partial charge in [0.25, 0.3) is 0 Å². The van der Waals surface area contributed by atoms with E-state index in [1.807, 2.05) is 69.3 Å². The molecule has 27 heavy (non-hydrogen) atoms. The Bertz CT molecular complexity index is 840. The number of ether oxygens (including phenoxy) is 2. The molecule has 0 amide bonds. The molecule has 0 atom stereocenters. The number of methoxy groups -OCH3 is 1. The highest BCUT2D eigenvalue weighted by atomic mass is 16.6. The first-order valence-electron chi connectivity index (χ1n) is 8.83. The van der Waals surface area contributed by atoms with Gasteiger partial charge in [0, 0.05) is 5.56 Å². The molecule has 0 bridgehead atoms. The molecular weight excluding hydrogens is 342 g/mol. The minimum Gasteiger partial charge on any atom is -0.489 e. The van der Waals surface area contributed by atoms with E-state index in [4.69, 9.17) is 14.3 Å². The van der Waals surface area contributed by atoms with E-state index in [-0.39, 0.29) is 5.97 Å². The second-order valence-electron chi connectivity index (χ2n) is 5.76. The summed E-state index contributed by atoms with van der Waals surface area (Å²) in [5, 5.41) is 4.05. The van der Waals surface area contributed by atoms with E-state index in [1.54, 1.807) is 6.08 Å². The lowest BCUT2D eigenvalue weighted by molar-refractivity contribution is -0.133. The van der Waals surface area contributed by atoms with Crippen molar-refractivity contribution in [3.05, 3.63) is 71.3 Å². The fourth-order valence-electron chi connectivity index (χ4n) is 2.59. The molecule has 0 aliphatic rings. The monoisotopic (exact) mass is 367 g/mol. The van der Waals surface area contributed by atoms with Gasteiger partial charge in [-0.05, 0) is 44.0 Å². The molecule has 0 aliphatic carbocycles. The molecule has 0 heterocycles. The molecule has 0 aliphatic heterocycles. The van der Waals surface area contributed by atoms with Crippen LogP contribution in [0, 0.1) is 0 Å². The van der Waals surface area contributed by atoms with E-state index in [2.05, 4.69) is 5.16 Å². The molecule has 5 heteroatoms. The first kappa shape index (κ1) is 20.2. The zero-order valence-corrected chi connectivity index (χ0v) is 16.2. The van der Waals surface area contributed by atoms with Crippen LogP contribution in [0.1, 0.15) is 37.5 Å². The van der Waals surface area contributed by atoms with Crippen LogP contribution in [0.15, 0.2) is 59.8 Å². The molecule has 2 aromatic carbocycles. The van der Waals surface area contributed by atoms with Crippen LogP contribution in [-0.4, -0.2) is 25.4 Å². The first-order chi connectivity index (χ1) is 13.1. The van der Waals surface area contributed by atoms with Crippen LogP contribution in [0.4, 0.5) is 0 Å². The Labute approximate surface area is 160 Å². The third-order valence-electron chi connectivity index (χ3n) is 3.98. The molecule has 2 rings (SSSR count). The molecule has 0 unspecified atom stereocenters. The fraction of sp³-hybridized carbons (Fsp3) is 0.273. The number of carbonyl (C=O) groups is 1. The Balaban J connectivity index is 2.20. The van der Waals surface area contributed by atoms with Gasteiger partial charge in [0.2, 0.25) is 0 Å². The summed E-state index contributed by atoms with van der Waals surface area (Å²) in [5.41, 5.74) is 3.94. The minimum absolute atomic E-state index is 0.329. The standard InChI is InChI=1S/C22H25NO4/c1-5-20(22(24)25-4)21-13-8-7-10-18(21)15-26-19-12-9-11-17(14-19)16(3)23-27-6-2/h5,7-14H,6,15H2,1-4H3. The molecule has 0 spiro atoms. The highest BCUT2D eigenvalue weighted by Gasteiger charge is 2.15. The summed E-state index contributed by atoms with van der Waals surface area (Å²) in [6.07, 6.45) is 1.75. The molecule has 0 radical (unpaired) electrons. The summed E-state index contributed by atoms with van der Waals surface area (Å²) in [4.78, 5) is 17.1.